The first-order valence-corrected chi connectivity index (χ1v) is 6.39. The highest BCUT2D eigenvalue weighted by molar-refractivity contribution is 7.10. The molecule has 3 heteroatoms. The largest absolute Gasteiger partial charge is 0.293 e. The van der Waals surface area contributed by atoms with Gasteiger partial charge in [-0.3, -0.25) is 9.18 Å². The van der Waals surface area contributed by atoms with E-state index in [9.17, 15) is 9.18 Å². The number of hydrogen-bond acceptors (Lipinski definition) is 2. The molecule has 0 N–H and O–H groups in total. The Morgan fingerprint density at radius 1 is 1.18 bits per heavy atom. The van der Waals surface area contributed by atoms with Crippen molar-refractivity contribution in [1.82, 2.24) is 0 Å². The summed E-state index contributed by atoms with van der Waals surface area (Å²) >= 11 is 1.51. The molecule has 0 fully saturated rings. The van der Waals surface area contributed by atoms with Crippen molar-refractivity contribution in [3.8, 4) is 0 Å². The number of alkyl halides is 1. The van der Waals surface area contributed by atoms with Crippen molar-refractivity contribution >= 4 is 17.1 Å². The highest BCUT2D eigenvalue weighted by atomic mass is 32.1. The molecule has 0 bridgehead atoms. The summed E-state index contributed by atoms with van der Waals surface area (Å²) in [6.45, 7) is -0.471. The molecule has 1 heterocycles. The van der Waals surface area contributed by atoms with E-state index < -0.39 is 6.67 Å². The van der Waals surface area contributed by atoms with Gasteiger partial charge in [-0.15, -0.1) is 11.3 Å². The van der Waals surface area contributed by atoms with E-state index >= 15 is 0 Å². The lowest BCUT2D eigenvalue weighted by atomic mass is 9.94. The second-order valence-corrected chi connectivity index (χ2v) is 4.76. The summed E-state index contributed by atoms with van der Waals surface area (Å²) in [5.74, 6) is -0.340. The predicted molar refractivity (Wildman–Crippen MR) is 68.4 cm³/mol. The smallest absolute Gasteiger partial charge is 0.171 e. The van der Waals surface area contributed by atoms with Crippen molar-refractivity contribution in [3.63, 3.8) is 0 Å². The molecule has 1 atom stereocenters. The maximum atomic E-state index is 12.6. The third-order valence-corrected chi connectivity index (χ3v) is 3.65. The van der Waals surface area contributed by atoms with Gasteiger partial charge in [0.25, 0.3) is 0 Å². The molecule has 88 valence electrons. The summed E-state index contributed by atoms with van der Waals surface area (Å²) in [7, 11) is 0. The number of halogens is 1. The van der Waals surface area contributed by atoms with Crippen LogP contribution in [0, 0.1) is 0 Å². The fourth-order valence-corrected chi connectivity index (χ4v) is 2.67. The van der Waals surface area contributed by atoms with Crippen LogP contribution in [-0.2, 0) is 0 Å². The number of ketones is 1. The van der Waals surface area contributed by atoms with Crippen molar-refractivity contribution in [2.75, 3.05) is 6.67 Å². The Labute approximate surface area is 104 Å². The molecule has 0 saturated carbocycles. The average Bonchev–Trinajstić information content (AvgIpc) is 2.90. The molecule has 1 aromatic carbocycles. The Balaban J connectivity index is 2.26. The first-order chi connectivity index (χ1) is 8.33. The first-order valence-electron chi connectivity index (χ1n) is 5.51. The van der Waals surface area contributed by atoms with E-state index in [2.05, 4.69) is 0 Å². The first kappa shape index (κ1) is 12.0. The van der Waals surface area contributed by atoms with Crippen LogP contribution < -0.4 is 0 Å². The minimum Gasteiger partial charge on any atom is -0.293 e. The zero-order valence-corrected chi connectivity index (χ0v) is 10.1. The fraction of sp³-hybridized carbons (Fsp3) is 0.214. The Kier molecular flexibility index (Phi) is 4.04. The molecule has 0 saturated heterocycles. The molecular formula is C14H13FOS. The molecule has 1 aromatic heterocycles. The molecule has 0 spiro atoms. The summed E-state index contributed by atoms with van der Waals surface area (Å²) in [6.07, 6.45) is 0.258. The molecule has 0 amide bonds. The number of benzene rings is 1. The van der Waals surface area contributed by atoms with Crippen molar-refractivity contribution in [3.05, 3.63) is 58.3 Å². The molecule has 2 rings (SSSR count). The van der Waals surface area contributed by atoms with E-state index in [4.69, 9.17) is 0 Å². The normalized spacial score (nSPS) is 12.3. The summed E-state index contributed by atoms with van der Waals surface area (Å²) in [4.78, 5) is 13.2. The number of carbonyl (C=O) groups is 1. The molecule has 17 heavy (non-hydrogen) atoms. The summed E-state index contributed by atoms with van der Waals surface area (Å²) < 4.78 is 12.6. The third-order valence-electron chi connectivity index (χ3n) is 2.66. The van der Waals surface area contributed by atoms with Gasteiger partial charge in [0.05, 0.1) is 12.6 Å². The number of rotatable bonds is 5. The van der Waals surface area contributed by atoms with Gasteiger partial charge in [-0.05, 0) is 17.9 Å². The molecule has 0 radical (unpaired) electrons. The van der Waals surface area contributed by atoms with Crippen LogP contribution in [0.3, 0.4) is 0 Å². The van der Waals surface area contributed by atoms with E-state index in [-0.39, 0.29) is 18.1 Å². The van der Waals surface area contributed by atoms with Gasteiger partial charge in [-0.1, -0.05) is 36.4 Å². The lowest BCUT2D eigenvalue weighted by molar-refractivity contribution is 0.0952. The predicted octanol–water partition coefficient (Wildman–Crippen LogP) is 4.07. The summed E-state index contributed by atoms with van der Waals surface area (Å²) in [5, 5.41) is 1.92. The van der Waals surface area contributed by atoms with E-state index in [0.29, 0.717) is 5.56 Å². The molecule has 0 aliphatic carbocycles. The lowest BCUT2D eigenvalue weighted by Crippen LogP contribution is -2.12. The van der Waals surface area contributed by atoms with Gasteiger partial charge in [0.1, 0.15) is 0 Å². The second-order valence-electron chi connectivity index (χ2n) is 3.78. The Morgan fingerprint density at radius 2 is 1.94 bits per heavy atom. The van der Waals surface area contributed by atoms with Gasteiger partial charge in [0, 0.05) is 10.4 Å². The van der Waals surface area contributed by atoms with E-state index in [1.54, 1.807) is 12.1 Å². The minimum atomic E-state index is -0.471. The van der Waals surface area contributed by atoms with Crippen LogP contribution in [0.25, 0.3) is 0 Å². The topological polar surface area (TPSA) is 17.1 Å². The zero-order valence-electron chi connectivity index (χ0n) is 9.30. The van der Waals surface area contributed by atoms with Gasteiger partial charge in [-0.2, -0.15) is 0 Å². The maximum Gasteiger partial charge on any atom is 0.171 e. The third kappa shape index (κ3) is 2.80. The molecule has 0 aliphatic heterocycles. The van der Waals surface area contributed by atoms with E-state index in [1.165, 1.54) is 11.3 Å². The van der Waals surface area contributed by atoms with Crippen LogP contribution in [0.1, 0.15) is 27.6 Å². The van der Waals surface area contributed by atoms with Gasteiger partial charge in [0.2, 0.25) is 0 Å². The Hall–Kier alpha value is -1.48. The molecule has 2 aromatic rings. The van der Waals surface area contributed by atoms with Crippen molar-refractivity contribution < 1.29 is 9.18 Å². The minimum absolute atomic E-state index is 0.00528. The average molecular weight is 248 g/mol. The zero-order chi connectivity index (χ0) is 12.1. The quantitative estimate of drug-likeness (QED) is 0.729. The van der Waals surface area contributed by atoms with Crippen LogP contribution in [0.4, 0.5) is 4.39 Å². The van der Waals surface area contributed by atoms with Crippen LogP contribution in [0.15, 0.2) is 47.8 Å². The fourth-order valence-electron chi connectivity index (χ4n) is 1.80. The molecule has 1 unspecified atom stereocenters. The van der Waals surface area contributed by atoms with Crippen LogP contribution in [0.5, 0.6) is 0 Å². The van der Waals surface area contributed by atoms with Crippen LogP contribution >= 0.6 is 11.3 Å². The highest BCUT2D eigenvalue weighted by Crippen LogP contribution is 2.28. The van der Waals surface area contributed by atoms with E-state index in [0.717, 1.165) is 4.88 Å². The second kappa shape index (κ2) is 5.73. The van der Waals surface area contributed by atoms with Crippen LogP contribution in [-0.4, -0.2) is 12.5 Å². The summed E-state index contributed by atoms with van der Waals surface area (Å²) in [6, 6.07) is 12.9. The number of hydrogen-bond donors (Lipinski definition) is 0. The monoisotopic (exact) mass is 248 g/mol. The lowest BCUT2D eigenvalue weighted by Gasteiger charge is -2.12. The molecule has 1 nitrogen and oxygen atoms in total. The number of thiophene rings is 1. The Morgan fingerprint density at radius 3 is 2.53 bits per heavy atom. The van der Waals surface area contributed by atoms with Gasteiger partial charge in [0.15, 0.2) is 5.78 Å². The standard InChI is InChI=1S/C14H13FOS/c15-9-8-12(13-7-4-10-17-13)14(16)11-5-2-1-3-6-11/h1-7,10,12H,8-9H2. The van der Waals surface area contributed by atoms with Crippen molar-refractivity contribution in [1.29, 1.82) is 0 Å². The van der Waals surface area contributed by atoms with Crippen LogP contribution in [0.2, 0.25) is 0 Å². The van der Waals surface area contributed by atoms with Crippen molar-refractivity contribution in [2.24, 2.45) is 0 Å². The van der Waals surface area contributed by atoms with Gasteiger partial charge in [-0.25, -0.2) is 0 Å². The molecule has 0 aliphatic rings. The van der Waals surface area contributed by atoms with E-state index in [1.807, 2.05) is 35.7 Å². The number of Topliss-reactive ketones (excluding diaryl/α,β-unsaturated/α-hetero) is 1. The van der Waals surface area contributed by atoms with Gasteiger partial charge < -0.3 is 0 Å². The Bertz CT molecular complexity index is 464. The SMILES string of the molecule is O=C(c1ccccc1)C(CCF)c1cccs1. The summed E-state index contributed by atoms with van der Waals surface area (Å²) in [5.41, 5.74) is 0.652. The highest BCUT2D eigenvalue weighted by Gasteiger charge is 2.22. The maximum absolute atomic E-state index is 12.6. The number of carbonyl (C=O) groups excluding carboxylic acids is 1. The van der Waals surface area contributed by atoms with Crippen molar-refractivity contribution in [2.45, 2.75) is 12.3 Å². The molecular weight excluding hydrogens is 235 g/mol. The van der Waals surface area contributed by atoms with Gasteiger partial charge >= 0.3 is 0 Å².